The van der Waals surface area contributed by atoms with Crippen LogP contribution in [-0.2, 0) is 22.4 Å². The highest BCUT2D eigenvalue weighted by atomic mass is 16.6. The summed E-state index contributed by atoms with van der Waals surface area (Å²) in [6.45, 7) is 0. The van der Waals surface area contributed by atoms with Gasteiger partial charge in [0.05, 0.1) is 11.3 Å². The average molecular weight is 327 g/mol. The molecule has 7 heteroatoms. The summed E-state index contributed by atoms with van der Waals surface area (Å²) in [4.78, 5) is 33.9. The van der Waals surface area contributed by atoms with E-state index in [1.165, 1.54) is 18.2 Å². The second kappa shape index (κ2) is 7.87. The van der Waals surface area contributed by atoms with Gasteiger partial charge in [-0.15, -0.1) is 0 Å². The maximum atomic E-state index is 12.1. The molecule has 2 rings (SSSR count). The maximum Gasteiger partial charge on any atom is 0.269 e. The van der Waals surface area contributed by atoms with Crippen molar-refractivity contribution in [1.29, 1.82) is 0 Å². The van der Waals surface area contributed by atoms with E-state index in [0.717, 1.165) is 5.56 Å². The number of hydrogen-bond acceptors (Lipinski definition) is 4. The molecule has 124 valence electrons. The fourth-order valence-corrected chi connectivity index (χ4v) is 2.28. The molecular formula is C17H17N3O4. The molecule has 0 radical (unpaired) electrons. The molecule has 0 aliphatic carbocycles. The minimum Gasteiger partial charge on any atom is -0.368 e. The molecule has 7 nitrogen and oxygen atoms in total. The van der Waals surface area contributed by atoms with Crippen molar-refractivity contribution in [3.05, 3.63) is 75.8 Å². The van der Waals surface area contributed by atoms with Crippen molar-refractivity contribution in [3.63, 3.8) is 0 Å². The fraction of sp³-hybridized carbons (Fsp3) is 0.176. The number of nitro groups is 1. The van der Waals surface area contributed by atoms with E-state index < -0.39 is 22.8 Å². The first-order valence-corrected chi connectivity index (χ1v) is 7.31. The summed E-state index contributed by atoms with van der Waals surface area (Å²) in [7, 11) is 0. The lowest BCUT2D eigenvalue weighted by molar-refractivity contribution is -0.384. The predicted octanol–water partition coefficient (Wildman–Crippen LogP) is 1.35. The average Bonchev–Trinajstić information content (AvgIpc) is 2.55. The maximum absolute atomic E-state index is 12.1. The highest BCUT2D eigenvalue weighted by Crippen LogP contribution is 2.13. The van der Waals surface area contributed by atoms with Gasteiger partial charge in [0.2, 0.25) is 11.8 Å². The smallest absolute Gasteiger partial charge is 0.269 e. The molecule has 0 saturated heterocycles. The predicted molar refractivity (Wildman–Crippen MR) is 88.1 cm³/mol. The van der Waals surface area contributed by atoms with E-state index in [1.807, 2.05) is 30.3 Å². The number of amides is 2. The van der Waals surface area contributed by atoms with Gasteiger partial charge in [-0.05, 0) is 11.1 Å². The Hall–Kier alpha value is -3.22. The SMILES string of the molecule is NC(=O)[C@H](Cc1ccccc1)NC(=O)Cc1cccc([N+](=O)[O-])c1. The van der Waals surface area contributed by atoms with Crippen LogP contribution in [0.15, 0.2) is 54.6 Å². The number of nitro benzene ring substituents is 1. The second-order valence-corrected chi connectivity index (χ2v) is 5.32. The van der Waals surface area contributed by atoms with Crippen molar-refractivity contribution < 1.29 is 14.5 Å². The van der Waals surface area contributed by atoms with Crippen LogP contribution in [0.1, 0.15) is 11.1 Å². The summed E-state index contributed by atoms with van der Waals surface area (Å²) in [5.74, 6) is -1.05. The lowest BCUT2D eigenvalue weighted by Crippen LogP contribution is -2.46. The molecular weight excluding hydrogens is 310 g/mol. The van der Waals surface area contributed by atoms with Gasteiger partial charge in [-0.2, -0.15) is 0 Å². The number of benzene rings is 2. The van der Waals surface area contributed by atoms with Crippen LogP contribution in [0.2, 0.25) is 0 Å². The largest absolute Gasteiger partial charge is 0.368 e. The molecule has 0 heterocycles. The zero-order valence-corrected chi connectivity index (χ0v) is 12.8. The first-order valence-electron chi connectivity index (χ1n) is 7.31. The number of nitrogens with zero attached hydrogens (tertiary/aromatic N) is 1. The van der Waals surface area contributed by atoms with Gasteiger partial charge < -0.3 is 11.1 Å². The lowest BCUT2D eigenvalue weighted by Gasteiger charge is -2.15. The number of primary amides is 1. The second-order valence-electron chi connectivity index (χ2n) is 5.32. The number of nitrogens with two attached hydrogens (primary N) is 1. The number of hydrogen-bond donors (Lipinski definition) is 2. The van der Waals surface area contributed by atoms with Crippen LogP contribution in [0.5, 0.6) is 0 Å². The first kappa shape index (κ1) is 17.1. The Bertz CT molecular complexity index is 747. The van der Waals surface area contributed by atoms with Crippen molar-refractivity contribution in [2.45, 2.75) is 18.9 Å². The van der Waals surface area contributed by atoms with E-state index in [1.54, 1.807) is 6.07 Å². The lowest BCUT2D eigenvalue weighted by atomic mass is 10.0. The van der Waals surface area contributed by atoms with Crippen LogP contribution in [0.3, 0.4) is 0 Å². The van der Waals surface area contributed by atoms with Gasteiger partial charge in [0.15, 0.2) is 0 Å². The Morgan fingerprint density at radius 3 is 2.38 bits per heavy atom. The van der Waals surface area contributed by atoms with Crippen LogP contribution < -0.4 is 11.1 Å². The highest BCUT2D eigenvalue weighted by Gasteiger charge is 2.19. The van der Waals surface area contributed by atoms with Gasteiger partial charge >= 0.3 is 0 Å². The topological polar surface area (TPSA) is 115 Å². The van der Waals surface area contributed by atoms with Crippen LogP contribution in [0.25, 0.3) is 0 Å². The summed E-state index contributed by atoms with van der Waals surface area (Å²) >= 11 is 0. The van der Waals surface area contributed by atoms with E-state index >= 15 is 0 Å². The summed E-state index contributed by atoms with van der Waals surface area (Å²) in [5, 5.41) is 13.3. The van der Waals surface area contributed by atoms with Crippen LogP contribution in [0, 0.1) is 10.1 Å². The molecule has 2 aromatic rings. The van der Waals surface area contributed by atoms with Gasteiger partial charge in [0.25, 0.3) is 5.69 Å². The fourth-order valence-electron chi connectivity index (χ4n) is 2.28. The summed E-state index contributed by atoms with van der Waals surface area (Å²) in [6, 6.07) is 14.2. The summed E-state index contributed by atoms with van der Waals surface area (Å²) < 4.78 is 0. The van der Waals surface area contributed by atoms with Gasteiger partial charge in [-0.25, -0.2) is 0 Å². The Morgan fingerprint density at radius 2 is 1.75 bits per heavy atom. The number of carbonyl (C=O) groups is 2. The normalized spacial score (nSPS) is 11.5. The van der Waals surface area contributed by atoms with Crippen LogP contribution in [0.4, 0.5) is 5.69 Å². The standard InChI is InChI=1S/C17H17N3O4/c18-17(22)15(10-12-5-2-1-3-6-12)19-16(21)11-13-7-4-8-14(9-13)20(23)24/h1-9,15H,10-11H2,(H2,18,22)(H,19,21)/t15-/m0/s1. The summed E-state index contributed by atoms with van der Waals surface area (Å²) in [5.41, 5.74) is 6.62. The van der Waals surface area contributed by atoms with Crippen molar-refractivity contribution in [1.82, 2.24) is 5.32 Å². The Labute approximate surface area is 138 Å². The third-order valence-corrected chi connectivity index (χ3v) is 3.45. The van der Waals surface area contributed by atoms with E-state index in [2.05, 4.69) is 5.32 Å². The monoisotopic (exact) mass is 327 g/mol. The van der Waals surface area contributed by atoms with E-state index in [0.29, 0.717) is 5.56 Å². The molecule has 0 aliphatic rings. The van der Waals surface area contributed by atoms with E-state index in [4.69, 9.17) is 5.73 Å². The molecule has 0 bridgehead atoms. The number of rotatable bonds is 7. The van der Waals surface area contributed by atoms with Crippen molar-refractivity contribution >= 4 is 17.5 Å². The quantitative estimate of drug-likeness (QED) is 0.590. The zero-order valence-electron chi connectivity index (χ0n) is 12.8. The Kier molecular flexibility index (Phi) is 5.62. The summed E-state index contributed by atoms with van der Waals surface area (Å²) in [6.07, 6.45) is 0.219. The number of carbonyl (C=O) groups excluding carboxylic acids is 2. The molecule has 0 saturated carbocycles. The van der Waals surface area contributed by atoms with Gasteiger partial charge in [0, 0.05) is 18.6 Å². The van der Waals surface area contributed by atoms with Gasteiger partial charge in [-0.1, -0.05) is 42.5 Å². The van der Waals surface area contributed by atoms with E-state index in [-0.39, 0.29) is 18.5 Å². The van der Waals surface area contributed by atoms with Gasteiger partial charge in [0.1, 0.15) is 6.04 Å². The molecule has 1 atom stereocenters. The molecule has 24 heavy (non-hydrogen) atoms. The van der Waals surface area contributed by atoms with Crippen molar-refractivity contribution in [2.75, 3.05) is 0 Å². The van der Waals surface area contributed by atoms with Gasteiger partial charge in [-0.3, -0.25) is 19.7 Å². The number of non-ortho nitro benzene ring substituents is 1. The van der Waals surface area contributed by atoms with Crippen molar-refractivity contribution in [3.8, 4) is 0 Å². The Balaban J connectivity index is 2.02. The van der Waals surface area contributed by atoms with Crippen LogP contribution in [-0.4, -0.2) is 22.8 Å². The minimum absolute atomic E-state index is 0.0692. The number of nitrogens with one attached hydrogen (secondary N) is 1. The zero-order chi connectivity index (χ0) is 17.5. The molecule has 2 aromatic carbocycles. The first-order chi connectivity index (χ1) is 11.5. The van der Waals surface area contributed by atoms with E-state index in [9.17, 15) is 19.7 Å². The Morgan fingerprint density at radius 1 is 1.08 bits per heavy atom. The van der Waals surface area contributed by atoms with Crippen molar-refractivity contribution in [2.24, 2.45) is 5.73 Å². The third kappa shape index (κ3) is 4.91. The highest BCUT2D eigenvalue weighted by molar-refractivity contribution is 5.87. The molecule has 0 aliphatic heterocycles. The molecule has 0 spiro atoms. The molecule has 3 N–H and O–H groups in total. The molecule has 0 aromatic heterocycles. The third-order valence-electron chi connectivity index (χ3n) is 3.45. The molecule has 0 fully saturated rings. The molecule has 2 amide bonds. The van der Waals surface area contributed by atoms with Crippen LogP contribution >= 0.6 is 0 Å². The minimum atomic E-state index is -0.835. The molecule has 0 unspecified atom stereocenters.